The highest BCUT2D eigenvalue weighted by atomic mass is 19.1. The minimum absolute atomic E-state index is 0.226. The Labute approximate surface area is 135 Å². The Kier molecular flexibility index (Phi) is 4.71. The molecule has 1 aliphatic rings. The second kappa shape index (κ2) is 6.91. The lowest BCUT2D eigenvalue weighted by Crippen LogP contribution is -2.28. The predicted molar refractivity (Wildman–Crippen MR) is 86.1 cm³/mol. The SMILES string of the molecule is N#Cc1ccc(C(O)CN2CCCC2c2ccc(F)cc2)cc1. The van der Waals surface area contributed by atoms with E-state index in [0.29, 0.717) is 12.1 Å². The van der Waals surface area contributed by atoms with Crippen LogP contribution in [0, 0.1) is 17.1 Å². The minimum atomic E-state index is -0.594. The fraction of sp³-hybridized carbons (Fsp3) is 0.316. The quantitative estimate of drug-likeness (QED) is 0.939. The van der Waals surface area contributed by atoms with Gasteiger partial charge in [0.25, 0.3) is 0 Å². The summed E-state index contributed by atoms with van der Waals surface area (Å²) in [4.78, 5) is 2.25. The lowest BCUT2D eigenvalue weighted by atomic mass is 10.0. The Bertz CT molecular complexity index is 691. The van der Waals surface area contributed by atoms with Gasteiger partial charge in [-0.25, -0.2) is 4.39 Å². The van der Waals surface area contributed by atoms with Crippen LogP contribution in [0.25, 0.3) is 0 Å². The lowest BCUT2D eigenvalue weighted by molar-refractivity contribution is 0.106. The third-order valence-corrected chi connectivity index (χ3v) is 4.45. The van der Waals surface area contributed by atoms with Crippen LogP contribution in [0.4, 0.5) is 4.39 Å². The van der Waals surface area contributed by atoms with Gasteiger partial charge in [0.2, 0.25) is 0 Å². The van der Waals surface area contributed by atoms with Gasteiger partial charge >= 0.3 is 0 Å². The summed E-state index contributed by atoms with van der Waals surface area (Å²) in [7, 11) is 0. The van der Waals surface area contributed by atoms with Gasteiger partial charge in [0.15, 0.2) is 0 Å². The average molecular weight is 310 g/mol. The van der Waals surface area contributed by atoms with E-state index in [9.17, 15) is 9.50 Å². The summed E-state index contributed by atoms with van der Waals surface area (Å²) >= 11 is 0. The number of rotatable bonds is 4. The van der Waals surface area contributed by atoms with Crippen LogP contribution in [0.5, 0.6) is 0 Å². The van der Waals surface area contributed by atoms with E-state index in [0.717, 1.165) is 30.5 Å². The molecule has 0 bridgehead atoms. The van der Waals surface area contributed by atoms with Gasteiger partial charge in [-0.15, -0.1) is 0 Å². The summed E-state index contributed by atoms with van der Waals surface area (Å²) < 4.78 is 13.1. The van der Waals surface area contributed by atoms with Crippen LogP contribution < -0.4 is 0 Å². The number of nitrogens with zero attached hydrogens (tertiary/aromatic N) is 2. The summed E-state index contributed by atoms with van der Waals surface area (Å²) in [6.07, 6.45) is 1.50. The molecular weight excluding hydrogens is 291 g/mol. The number of likely N-dealkylation sites (tertiary alicyclic amines) is 1. The maximum atomic E-state index is 13.1. The Morgan fingerprint density at radius 2 is 1.87 bits per heavy atom. The number of β-amino-alcohol motifs (C(OH)–C–C–N with tert-alkyl or cyclic N) is 1. The zero-order chi connectivity index (χ0) is 16.2. The summed E-state index contributed by atoms with van der Waals surface area (Å²) in [5, 5.41) is 19.3. The van der Waals surface area contributed by atoms with Crippen molar-refractivity contribution in [1.29, 1.82) is 5.26 Å². The molecule has 0 aromatic heterocycles. The Hall–Kier alpha value is -2.22. The molecule has 0 radical (unpaired) electrons. The van der Waals surface area contributed by atoms with Gasteiger partial charge in [0.1, 0.15) is 5.82 Å². The topological polar surface area (TPSA) is 47.3 Å². The van der Waals surface area contributed by atoms with Crippen molar-refractivity contribution in [3.8, 4) is 6.07 Å². The molecule has 1 N–H and O–H groups in total. The van der Waals surface area contributed by atoms with Gasteiger partial charge in [-0.05, 0) is 54.8 Å². The number of aliphatic hydroxyl groups excluding tert-OH is 1. The molecule has 0 saturated carbocycles. The van der Waals surface area contributed by atoms with Crippen LogP contribution in [0.15, 0.2) is 48.5 Å². The molecule has 1 fully saturated rings. The molecule has 23 heavy (non-hydrogen) atoms. The first-order valence-corrected chi connectivity index (χ1v) is 7.85. The summed E-state index contributed by atoms with van der Waals surface area (Å²) in [5.74, 6) is -0.226. The molecule has 2 atom stereocenters. The van der Waals surface area contributed by atoms with Gasteiger partial charge in [0.05, 0.1) is 17.7 Å². The molecule has 1 heterocycles. The zero-order valence-electron chi connectivity index (χ0n) is 12.8. The number of benzene rings is 2. The van der Waals surface area contributed by atoms with Crippen molar-refractivity contribution in [1.82, 2.24) is 4.90 Å². The van der Waals surface area contributed by atoms with Crippen molar-refractivity contribution in [3.63, 3.8) is 0 Å². The monoisotopic (exact) mass is 310 g/mol. The van der Waals surface area contributed by atoms with Gasteiger partial charge in [-0.1, -0.05) is 24.3 Å². The summed E-state index contributed by atoms with van der Waals surface area (Å²) in [6.45, 7) is 1.46. The molecule has 0 amide bonds. The normalized spacial score (nSPS) is 19.4. The predicted octanol–water partition coefficient (Wildman–Crippen LogP) is 3.57. The van der Waals surface area contributed by atoms with E-state index in [1.54, 1.807) is 24.3 Å². The van der Waals surface area contributed by atoms with Crippen LogP contribution >= 0.6 is 0 Å². The highest BCUT2D eigenvalue weighted by Crippen LogP contribution is 2.33. The van der Waals surface area contributed by atoms with Crippen molar-refractivity contribution in [2.75, 3.05) is 13.1 Å². The molecule has 1 saturated heterocycles. The maximum absolute atomic E-state index is 13.1. The highest BCUT2D eigenvalue weighted by molar-refractivity contribution is 5.32. The van der Waals surface area contributed by atoms with E-state index in [1.165, 1.54) is 12.1 Å². The average Bonchev–Trinajstić information content (AvgIpc) is 3.03. The first-order valence-electron chi connectivity index (χ1n) is 7.85. The van der Waals surface area contributed by atoms with Crippen molar-refractivity contribution in [2.24, 2.45) is 0 Å². The van der Waals surface area contributed by atoms with E-state index >= 15 is 0 Å². The molecule has 2 aromatic carbocycles. The fourth-order valence-electron chi connectivity index (χ4n) is 3.21. The molecular formula is C19H19FN2O. The van der Waals surface area contributed by atoms with E-state index in [4.69, 9.17) is 5.26 Å². The number of nitriles is 1. The smallest absolute Gasteiger partial charge is 0.123 e. The molecule has 0 spiro atoms. The maximum Gasteiger partial charge on any atom is 0.123 e. The Balaban J connectivity index is 1.70. The number of hydrogen-bond acceptors (Lipinski definition) is 3. The zero-order valence-corrected chi connectivity index (χ0v) is 12.8. The van der Waals surface area contributed by atoms with Gasteiger partial charge in [0, 0.05) is 12.6 Å². The molecule has 2 unspecified atom stereocenters. The molecule has 3 rings (SSSR count). The molecule has 0 aliphatic carbocycles. The Morgan fingerprint density at radius 1 is 1.17 bits per heavy atom. The lowest BCUT2D eigenvalue weighted by Gasteiger charge is -2.27. The van der Waals surface area contributed by atoms with Gasteiger partial charge < -0.3 is 5.11 Å². The van der Waals surface area contributed by atoms with Crippen LogP contribution in [0.2, 0.25) is 0 Å². The highest BCUT2D eigenvalue weighted by Gasteiger charge is 2.27. The van der Waals surface area contributed by atoms with E-state index in [-0.39, 0.29) is 11.9 Å². The second-order valence-electron chi connectivity index (χ2n) is 5.95. The Morgan fingerprint density at radius 3 is 2.52 bits per heavy atom. The van der Waals surface area contributed by atoms with E-state index in [2.05, 4.69) is 11.0 Å². The van der Waals surface area contributed by atoms with Crippen molar-refractivity contribution < 1.29 is 9.50 Å². The number of hydrogen-bond donors (Lipinski definition) is 1. The standard InChI is InChI=1S/C19H19FN2O/c20-17-9-7-15(8-10-17)18-2-1-11-22(18)13-19(23)16-5-3-14(12-21)4-6-16/h3-10,18-19,23H,1-2,11,13H2. The minimum Gasteiger partial charge on any atom is -0.387 e. The number of aliphatic hydroxyl groups is 1. The van der Waals surface area contributed by atoms with Crippen molar-refractivity contribution in [3.05, 3.63) is 71.0 Å². The summed E-state index contributed by atoms with van der Waals surface area (Å²) in [6, 6.07) is 16.0. The molecule has 2 aromatic rings. The third-order valence-electron chi connectivity index (χ3n) is 4.45. The van der Waals surface area contributed by atoms with Crippen molar-refractivity contribution >= 4 is 0 Å². The third kappa shape index (κ3) is 3.58. The molecule has 1 aliphatic heterocycles. The van der Waals surface area contributed by atoms with Crippen LogP contribution in [-0.4, -0.2) is 23.1 Å². The van der Waals surface area contributed by atoms with Crippen LogP contribution in [0.1, 0.15) is 41.7 Å². The van der Waals surface area contributed by atoms with Crippen molar-refractivity contribution in [2.45, 2.75) is 25.0 Å². The van der Waals surface area contributed by atoms with Crippen LogP contribution in [0.3, 0.4) is 0 Å². The second-order valence-corrected chi connectivity index (χ2v) is 5.95. The van der Waals surface area contributed by atoms with Gasteiger partial charge in [-0.2, -0.15) is 5.26 Å². The molecule has 3 nitrogen and oxygen atoms in total. The first kappa shape index (κ1) is 15.7. The number of halogens is 1. The van der Waals surface area contributed by atoms with Gasteiger partial charge in [-0.3, -0.25) is 4.90 Å². The van der Waals surface area contributed by atoms with E-state index < -0.39 is 6.10 Å². The first-order chi connectivity index (χ1) is 11.2. The molecule has 4 heteroatoms. The summed E-state index contributed by atoms with van der Waals surface area (Å²) in [5.41, 5.74) is 2.50. The molecule has 118 valence electrons. The fourth-order valence-corrected chi connectivity index (χ4v) is 3.21. The van der Waals surface area contributed by atoms with E-state index in [1.807, 2.05) is 12.1 Å². The van der Waals surface area contributed by atoms with Crippen LogP contribution in [-0.2, 0) is 0 Å². The largest absolute Gasteiger partial charge is 0.387 e.